The van der Waals surface area contributed by atoms with E-state index in [2.05, 4.69) is 37.8 Å². The summed E-state index contributed by atoms with van der Waals surface area (Å²) < 4.78 is 5.85. The van der Waals surface area contributed by atoms with Crippen molar-refractivity contribution in [1.29, 1.82) is 0 Å². The van der Waals surface area contributed by atoms with E-state index in [9.17, 15) is 0 Å². The minimum atomic E-state index is 0.369. The first kappa shape index (κ1) is 13.0. The largest absolute Gasteiger partial charge is 0.493 e. The summed E-state index contributed by atoms with van der Waals surface area (Å²) in [5, 5.41) is 0.369. The smallest absolute Gasteiger partial charge is 0.127 e. The van der Waals surface area contributed by atoms with Gasteiger partial charge >= 0.3 is 0 Å². The summed E-state index contributed by atoms with van der Waals surface area (Å²) in [6, 6.07) is 18.5. The molecule has 1 unspecified atom stereocenters. The molecule has 2 rings (SSSR count). The minimum absolute atomic E-state index is 0.369. The molecule has 1 nitrogen and oxygen atoms in total. The van der Waals surface area contributed by atoms with Crippen LogP contribution in [-0.4, -0.2) is 11.9 Å². The zero-order valence-corrected chi connectivity index (χ0v) is 11.4. The quantitative estimate of drug-likeness (QED) is 0.780. The van der Waals surface area contributed by atoms with Crippen LogP contribution in [0.25, 0.3) is 11.1 Å². The molecule has 2 heteroatoms. The zero-order valence-electron chi connectivity index (χ0n) is 10.5. The third-order valence-electron chi connectivity index (χ3n) is 2.77. The molecule has 0 fully saturated rings. The molecule has 2 aromatic carbocycles. The molecule has 0 saturated carbocycles. The highest BCUT2D eigenvalue weighted by Gasteiger charge is 2.05. The lowest BCUT2D eigenvalue weighted by atomic mass is 10.1. The van der Waals surface area contributed by atoms with Crippen molar-refractivity contribution in [3.8, 4) is 16.9 Å². The van der Waals surface area contributed by atoms with Crippen LogP contribution in [0, 0.1) is 0 Å². The average Bonchev–Trinajstić information content (AvgIpc) is 2.40. The molecule has 0 saturated heterocycles. The number of rotatable bonds is 5. The Kier molecular flexibility index (Phi) is 4.71. The van der Waals surface area contributed by atoms with Crippen molar-refractivity contribution in [2.75, 3.05) is 6.61 Å². The van der Waals surface area contributed by atoms with Crippen LogP contribution in [0.4, 0.5) is 0 Å². The van der Waals surface area contributed by atoms with Gasteiger partial charge in [-0.1, -0.05) is 55.5 Å². The predicted molar refractivity (Wildman–Crippen MR) is 80.4 cm³/mol. The van der Waals surface area contributed by atoms with Gasteiger partial charge < -0.3 is 4.74 Å². The number of ether oxygens (including phenoxy) is 1. The normalized spacial score (nSPS) is 12.1. The summed E-state index contributed by atoms with van der Waals surface area (Å²) in [4.78, 5) is 0. The molecule has 0 aliphatic heterocycles. The molecule has 0 amide bonds. The first-order valence-electron chi connectivity index (χ1n) is 6.22. The molecule has 0 bridgehead atoms. The van der Waals surface area contributed by atoms with Gasteiger partial charge in [-0.15, -0.1) is 0 Å². The van der Waals surface area contributed by atoms with Crippen molar-refractivity contribution < 1.29 is 4.74 Å². The summed E-state index contributed by atoms with van der Waals surface area (Å²) in [5.41, 5.74) is 2.33. The summed E-state index contributed by atoms with van der Waals surface area (Å²) in [6.45, 7) is 2.78. The van der Waals surface area contributed by atoms with Gasteiger partial charge in [0, 0.05) is 10.8 Å². The number of para-hydroxylation sites is 1. The van der Waals surface area contributed by atoms with E-state index in [4.69, 9.17) is 4.74 Å². The van der Waals surface area contributed by atoms with Crippen LogP contribution in [0.5, 0.6) is 5.75 Å². The molecule has 0 aromatic heterocycles. The van der Waals surface area contributed by atoms with E-state index in [-0.39, 0.29) is 0 Å². The van der Waals surface area contributed by atoms with E-state index in [1.165, 1.54) is 5.56 Å². The average molecular weight is 258 g/mol. The van der Waals surface area contributed by atoms with Crippen molar-refractivity contribution in [3.63, 3.8) is 0 Å². The lowest BCUT2D eigenvalue weighted by Gasteiger charge is -2.12. The maximum atomic E-state index is 5.85. The number of hydrogen-bond donors (Lipinski definition) is 1. The molecular formula is C16H18OS. The number of hydrogen-bond acceptors (Lipinski definition) is 2. The highest BCUT2D eigenvalue weighted by Crippen LogP contribution is 2.29. The van der Waals surface area contributed by atoms with Crippen LogP contribution in [0.3, 0.4) is 0 Å². The zero-order chi connectivity index (χ0) is 12.8. The Morgan fingerprint density at radius 1 is 1.00 bits per heavy atom. The maximum absolute atomic E-state index is 5.85. The second kappa shape index (κ2) is 6.50. The Balaban J connectivity index is 2.16. The Labute approximate surface area is 114 Å². The van der Waals surface area contributed by atoms with Crippen LogP contribution in [-0.2, 0) is 0 Å². The van der Waals surface area contributed by atoms with Gasteiger partial charge in [0.1, 0.15) is 5.75 Å². The van der Waals surface area contributed by atoms with Gasteiger partial charge in [0.2, 0.25) is 0 Å². The van der Waals surface area contributed by atoms with E-state index in [0.29, 0.717) is 11.9 Å². The van der Waals surface area contributed by atoms with Gasteiger partial charge in [-0.05, 0) is 18.1 Å². The van der Waals surface area contributed by atoms with Crippen molar-refractivity contribution in [2.24, 2.45) is 0 Å². The molecule has 94 valence electrons. The molecule has 0 aliphatic rings. The van der Waals surface area contributed by atoms with Gasteiger partial charge in [-0.25, -0.2) is 0 Å². The molecule has 0 N–H and O–H groups in total. The van der Waals surface area contributed by atoms with E-state index in [1.54, 1.807) is 0 Å². The first-order chi connectivity index (χ1) is 8.77. The van der Waals surface area contributed by atoms with E-state index >= 15 is 0 Å². The van der Waals surface area contributed by atoms with Crippen LogP contribution in [0.2, 0.25) is 0 Å². The van der Waals surface area contributed by atoms with Crippen molar-refractivity contribution in [1.82, 2.24) is 0 Å². The van der Waals surface area contributed by atoms with Gasteiger partial charge in [0.25, 0.3) is 0 Å². The fourth-order valence-corrected chi connectivity index (χ4v) is 1.89. The third kappa shape index (κ3) is 3.54. The minimum Gasteiger partial charge on any atom is -0.493 e. The summed E-state index contributed by atoms with van der Waals surface area (Å²) in [6.07, 6.45) is 0.951. The summed E-state index contributed by atoms with van der Waals surface area (Å²) in [5.74, 6) is 0.942. The van der Waals surface area contributed by atoms with Gasteiger partial charge in [0.15, 0.2) is 0 Å². The molecule has 1 atom stereocenters. The molecule has 2 aromatic rings. The fraction of sp³-hybridized carbons (Fsp3) is 0.250. The lowest BCUT2D eigenvalue weighted by molar-refractivity contribution is 0.312. The second-order valence-electron chi connectivity index (χ2n) is 4.35. The SMILES string of the molecule is CC(S)CCOc1ccccc1-c1ccccc1. The molecule has 0 radical (unpaired) electrons. The summed E-state index contributed by atoms with van der Waals surface area (Å²) >= 11 is 4.36. The van der Waals surface area contributed by atoms with E-state index in [1.807, 2.05) is 36.4 Å². The number of thiol groups is 1. The van der Waals surface area contributed by atoms with Crippen molar-refractivity contribution >= 4 is 12.6 Å². The Hall–Kier alpha value is -1.41. The maximum Gasteiger partial charge on any atom is 0.127 e. The van der Waals surface area contributed by atoms with Crippen LogP contribution in [0.15, 0.2) is 54.6 Å². The molecule has 18 heavy (non-hydrogen) atoms. The fourth-order valence-electron chi connectivity index (χ4n) is 1.79. The lowest BCUT2D eigenvalue weighted by Crippen LogP contribution is -2.03. The van der Waals surface area contributed by atoms with Gasteiger partial charge in [0.05, 0.1) is 6.61 Å². The highest BCUT2D eigenvalue weighted by molar-refractivity contribution is 7.80. The molecule has 0 aliphatic carbocycles. The van der Waals surface area contributed by atoms with Gasteiger partial charge in [-0.2, -0.15) is 12.6 Å². The van der Waals surface area contributed by atoms with Crippen LogP contribution in [0.1, 0.15) is 13.3 Å². The van der Waals surface area contributed by atoms with E-state index in [0.717, 1.165) is 17.7 Å². The van der Waals surface area contributed by atoms with Crippen molar-refractivity contribution in [2.45, 2.75) is 18.6 Å². The highest BCUT2D eigenvalue weighted by atomic mass is 32.1. The first-order valence-corrected chi connectivity index (χ1v) is 6.74. The van der Waals surface area contributed by atoms with Crippen LogP contribution < -0.4 is 4.74 Å². The topological polar surface area (TPSA) is 9.23 Å². The third-order valence-corrected chi connectivity index (χ3v) is 3.02. The summed E-state index contributed by atoms with van der Waals surface area (Å²) in [7, 11) is 0. The van der Waals surface area contributed by atoms with Crippen molar-refractivity contribution in [3.05, 3.63) is 54.6 Å². The Bertz CT molecular complexity index is 479. The number of benzene rings is 2. The molecule has 0 spiro atoms. The van der Waals surface area contributed by atoms with Gasteiger partial charge in [-0.3, -0.25) is 0 Å². The Morgan fingerprint density at radius 3 is 2.39 bits per heavy atom. The molecule has 0 heterocycles. The van der Waals surface area contributed by atoms with Crippen LogP contribution >= 0.6 is 12.6 Å². The predicted octanol–water partition coefficient (Wildman–Crippen LogP) is 4.44. The molecular weight excluding hydrogens is 240 g/mol. The van der Waals surface area contributed by atoms with E-state index < -0.39 is 0 Å². The standard InChI is InChI=1S/C16H18OS/c1-13(18)11-12-17-16-10-6-5-9-15(16)14-7-3-2-4-8-14/h2-10,13,18H,11-12H2,1H3. The monoisotopic (exact) mass is 258 g/mol. The second-order valence-corrected chi connectivity index (χ2v) is 5.23. The Morgan fingerprint density at radius 2 is 1.67 bits per heavy atom.